The molecule has 0 bridgehead atoms. The highest BCUT2D eigenvalue weighted by Crippen LogP contribution is 2.40. The second-order valence-electron chi connectivity index (χ2n) is 4.69. The maximum Gasteiger partial charge on any atom is 0.0794 e. The molecule has 1 aliphatic carbocycles. The van der Waals surface area contributed by atoms with E-state index in [9.17, 15) is 0 Å². The smallest absolute Gasteiger partial charge is 0.0794 e. The van der Waals surface area contributed by atoms with Crippen molar-refractivity contribution in [1.82, 2.24) is 14.9 Å². The van der Waals surface area contributed by atoms with Crippen molar-refractivity contribution in [2.24, 2.45) is 5.92 Å². The van der Waals surface area contributed by atoms with E-state index in [0.717, 1.165) is 12.5 Å². The molecule has 17 heavy (non-hydrogen) atoms. The third kappa shape index (κ3) is 2.42. The minimum absolute atomic E-state index is 0.540. The summed E-state index contributed by atoms with van der Waals surface area (Å²) in [5.41, 5.74) is 3.31. The van der Waals surface area contributed by atoms with Crippen LogP contribution < -0.4 is 5.32 Å². The standard InChI is InChI=1S/C13H17N3S/c1-14-13(10-2-3-10)11-4-5-16(7-11)8-12-6-15-9-17-12/h4-7,9-10,13-14H,2-3,8H2,1H3. The van der Waals surface area contributed by atoms with Gasteiger partial charge in [0.1, 0.15) is 0 Å². The summed E-state index contributed by atoms with van der Waals surface area (Å²) in [6, 6.07) is 2.78. The van der Waals surface area contributed by atoms with Gasteiger partial charge in [0.25, 0.3) is 0 Å². The van der Waals surface area contributed by atoms with Gasteiger partial charge < -0.3 is 9.88 Å². The first-order chi connectivity index (χ1) is 8.36. The lowest BCUT2D eigenvalue weighted by atomic mass is 10.1. The molecule has 0 amide bonds. The second-order valence-corrected chi connectivity index (χ2v) is 5.66. The van der Waals surface area contributed by atoms with Crippen molar-refractivity contribution in [3.8, 4) is 0 Å². The molecule has 0 aromatic carbocycles. The largest absolute Gasteiger partial charge is 0.349 e. The molecule has 1 N–H and O–H groups in total. The van der Waals surface area contributed by atoms with E-state index in [1.165, 1.54) is 23.3 Å². The Morgan fingerprint density at radius 1 is 1.59 bits per heavy atom. The van der Waals surface area contributed by atoms with Crippen LogP contribution in [0.3, 0.4) is 0 Å². The van der Waals surface area contributed by atoms with Crippen LogP contribution in [0.15, 0.2) is 30.2 Å². The van der Waals surface area contributed by atoms with E-state index in [1.54, 1.807) is 11.3 Å². The summed E-state index contributed by atoms with van der Waals surface area (Å²) < 4.78 is 2.25. The minimum Gasteiger partial charge on any atom is -0.349 e. The van der Waals surface area contributed by atoms with Crippen LogP contribution in [0.1, 0.15) is 29.3 Å². The highest BCUT2D eigenvalue weighted by molar-refractivity contribution is 7.09. The van der Waals surface area contributed by atoms with Crippen LogP contribution >= 0.6 is 11.3 Å². The molecule has 1 atom stereocenters. The van der Waals surface area contributed by atoms with Crippen molar-refractivity contribution >= 4 is 11.3 Å². The molecule has 1 aliphatic rings. The van der Waals surface area contributed by atoms with Gasteiger partial charge in [-0.2, -0.15) is 0 Å². The summed E-state index contributed by atoms with van der Waals surface area (Å²) in [4.78, 5) is 5.41. The van der Waals surface area contributed by atoms with Gasteiger partial charge in [-0.15, -0.1) is 11.3 Å². The average Bonchev–Trinajstić information content (AvgIpc) is 2.86. The Labute approximate surface area is 106 Å². The molecule has 3 nitrogen and oxygen atoms in total. The average molecular weight is 247 g/mol. The summed E-state index contributed by atoms with van der Waals surface area (Å²) >= 11 is 1.71. The topological polar surface area (TPSA) is 29.9 Å². The Morgan fingerprint density at radius 2 is 2.47 bits per heavy atom. The van der Waals surface area contributed by atoms with E-state index < -0.39 is 0 Å². The molecular weight excluding hydrogens is 230 g/mol. The maximum atomic E-state index is 4.11. The zero-order valence-electron chi connectivity index (χ0n) is 9.97. The molecule has 4 heteroatoms. The summed E-state index contributed by atoms with van der Waals surface area (Å²) in [7, 11) is 2.06. The van der Waals surface area contributed by atoms with Crippen molar-refractivity contribution in [1.29, 1.82) is 0 Å². The molecular formula is C13H17N3S. The lowest BCUT2D eigenvalue weighted by Crippen LogP contribution is -2.17. The molecule has 2 aromatic rings. The fourth-order valence-corrected chi connectivity index (χ4v) is 2.95. The van der Waals surface area contributed by atoms with Gasteiger partial charge in [0.2, 0.25) is 0 Å². The van der Waals surface area contributed by atoms with Crippen molar-refractivity contribution < 1.29 is 0 Å². The van der Waals surface area contributed by atoms with Gasteiger partial charge in [0.15, 0.2) is 0 Å². The lowest BCUT2D eigenvalue weighted by molar-refractivity contribution is 0.528. The molecule has 3 rings (SSSR count). The number of hydrogen-bond donors (Lipinski definition) is 1. The first-order valence-electron chi connectivity index (χ1n) is 6.07. The van der Waals surface area contributed by atoms with Crippen molar-refractivity contribution in [2.45, 2.75) is 25.4 Å². The highest BCUT2D eigenvalue weighted by Gasteiger charge is 2.31. The van der Waals surface area contributed by atoms with Crippen molar-refractivity contribution in [3.05, 3.63) is 40.6 Å². The number of rotatable bonds is 5. The third-order valence-electron chi connectivity index (χ3n) is 3.36. The van der Waals surface area contributed by atoms with E-state index in [1.807, 2.05) is 11.7 Å². The first kappa shape index (κ1) is 11.0. The summed E-state index contributed by atoms with van der Waals surface area (Å²) in [5, 5.41) is 3.43. The number of aromatic nitrogens is 2. The van der Waals surface area contributed by atoms with Gasteiger partial charge in [-0.1, -0.05) is 0 Å². The van der Waals surface area contributed by atoms with Gasteiger partial charge in [-0.25, -0.2) is 0 Å². The van der Waals surface area contributed by atoms with E-state index in [0.29, 0.717) is 6.04 Å². The van der Waals surface area contributed by atoms with Gasteiger partial charge >= 0.3 is 0 Å². The van der Waals surface area contributed by atoms with E-state index in [4.69, 9.17) is 0 Å². The van der Waals surface area contributed by atoms with Gasteiger partial charge in [0.05, 0.1) is 12.1 Å². The Balaban J connectivity index is 1.73. The quantitative estimate of drug-likeness (QED) is 0.880. The molecule has 0 spiro atoms. The fraction of sp³-hybridized carbons (Fsp3) is 0.462. The van der Waals surface area contributed by atoms with E-state index in [2.05, 4.69) is 40.4 Å². The molecule has 2 aromatic heterocycles. The van der Waals surface area contributed by atoms with E-state index >= 15 is 0 Å². The number of thiazole rings is 1. The molecule has 1 unspecified atom stereocenters. The maximum absolute atomic E-state index is 4.11. The van der Waals surface area contributed by atoms with Crippen LogP contribution in [0.2, 0.25) is 0 Å². The van der Waals surface area contributed by atoms with Crippen molar-refractivity contribution in [2.75, 3.05) is 7.05 Å². The third-order valence-corrected chi connectivity index (χ3v) is 4.12. The zero-order chi connectivity index (χ0) is 11.7. The van der Waals surface area contributed by atoms with Crippen LogP contribution in [-0.2, 0) is 6.54 Å². The summed E-state index contributed by atoms with van der Waals surface area (Å²) in [6.07, 6.45) is 9.11. The molecule has 0 radical (unpaired) electrons. The van der Waals surface area contributed by atoms with Gasteiger partial charge in [0, 0.05) is 29.5 Å². The van der Waals surface area contributed by atoms with E-state index in [-0.39, 0.29) is 0 Å². The lowest BCUT2D eigenvalue weighted by Gasteiger charge is -2.13. The number of nitrogens with one attached hydrogen (secondary N) is 1. The normalized spacial score (nSPS) is 17.2. The highest BCUT2D eigenvalue weighted by atomic mass is 32.1. The summed E-state index contributed by atoms with van der Waals surface area (Å²) in [5.74, 6) is 0.847. The zero-order valence-corrected chi connectivity index (χ0v) is 10.8. The molecule has 0 aliphatic heterocycles. The van der Waals surface area contributed by atoms with Crippen LogP contribution in [0.4, 0.5) is 0 Å². The molecule has 1 fully saturated rings. The molecule has 2 heterocycles. The fourth-order valence-electron chi connectivity index (χ4n) is 2.35. The second kappa shape index (κ2) is 4.63. The SMILES string of the molecule is CNC(c1ccn(Cc2cncs2)c1)C1CC1. The predicted octanol–water partition coefficient (Wildman–Crippen LogP) is 2.66. The summed E-state index contributed by atoms with van der Waals surface area (Å²) in [6.45, 7) is 0.936. The van der Waals surface area contributed by atoms with Gasteiger partial charge in [-0.05, 0) is 37.4 Å². The molecule has 1 saturated carbocycles. The monoisotopic (exact) mass is 247 g/mol. The molecule has 90 valence electrons. The Morgan fingerprint density at radius 3 is 3.12 bits per heavy atom. The Hall–Kier alpha value is -1.13. The van der Waals surface area contributed by atoms with Gasteiger partial charge in [-0.3, -0.25) is 4.98 Å². The minimum atomic E-state index is 0.540. The first-order valence-corrected chi connectivity index (χ1v) is 6.95. The Kier molecular flexibility index (Phi) is 2.99. The molecule has 0 saturated heterocycles. The Bertz CT molecular complexity index is 471. The predicted molar refractivity (Wildman–Crippen MR) is 70.2 cm³/mol. The van der Waals surface area contributed by atoms with Crippen LogP contribution in [0, 0.1) is 5.92 Å². The van der Waals surface area contributed by atoms with Crippen LogP contribution in [0.25, 0.3) is 0 Å². The number of hydrogen-bond acceptors (Lipinski definition) is 3. The van der Waals surface area contributed by atoms with Crippen LogP contribution in [0.5, 0.6) is 0 Å². The number of nitrogens with zero attached hydrogens (tertiary/aromatic N) is 2. The van der Waals surface area contributed by atoms with Crippen molar-refractivity contribution in [3.63, 3.8) is 0 Å². The van der Waals surface area contributed by atoms with Crippen LogP contribution in [-0.4, -0.2) is 16.6 Å².